The van der Waals surface area contributed by atoms with Crippen LogP contribution in [0.15, 0.2) is 24.3 Å². The molecule has 0 bridgehead atoms. The van der Waals surface area contributed by atoms with E-state index in [1.54, 1.807) is 0 Å². The van der Waals surface area contributed by atoms with Crippen LogP contribution in [0.4, 0.5) is 58.4 Å². The van der Waals surface area contributed by atoms with Crippen molar-refractivity contribution in [3.8, 4) is 0 Å². The molecule has 0 aliphatic carbocycles. The minimum absolute atomic E-state index is 0.0638. The van der Waals surface area contributed by atoms with Crippen LogP contribution in [0, 0.1) is 0 Å². The van der Waals surface area contributed by atoms with Crippen LogP contribution in [0.25, 0.3) is 0 Å². The fraction of sp³-hybridized carbons (Fsp3) is 0.562. The second-order valence-corrected chi connectivity index (χ2v) is 6.46. The zero-order chi connectivity index (χ0) is 24.9. The van der Waals surface area contributed by atoms with Gasteiger partial charge in [-0.15, -0.1) is 0 Å². The highest BCUT2D eigenvalue weighted by Gasteiger charge is 2.63. The number of fused-ring (bicyclic) bond motifs is 1. The Labute approximate surface area is 170 Å². The minimum Gasteiger partial charge on any atom is -0.348 e. The van der Waals surface area contributed by atoms with Crippen molar-refractivity contribution in [1.29, 1.82) is 0 Å². The van der Waals surface area contributed by atoms with Crippen molar-refractivity contribution in [2.75, 3.05) is 4.90 Å². The summed E-state index contributed by atoms with van der Waals surface area (Å²) < 4.78 is 163. The number of amides is 1. The summed E-state index contributed by atoms with van der Waals surface area (Å²) in [5.41, 5.74) is -1.30. The molecular weight excluding hydrogens is 482 g/mol. The molecule has 1 heterocycles. The summed E-state index contributed by atoms with van der Waals surface area (Å²) in [7, 11) is 0. The Balaban J connectivity index is 2.63. The molecule has 0 fully saturated rings. The van der Waals surface area contributed by atoms with Crippen LogP contribution in [0.2, 0.25) is 0 Å². The van der Waals surface area contributed by atoms with Gasteiger partial charge < -0.3 is 9.47 Å². The Morgan fingerprint density at radius 2 is 1.19 bits per heavy atom. The second-order valence-electron chi connectivity index (χ2n) is 6.46. The van der Waals surface area contributed by atoms with Gasteiger partial charge in [0.1, 0.15) is 6.10 Å². The Morgan fingerprint density at radius 1 is 0.781 bits per heavy atom. The number of rotatable bonds is 4. The smallest absolute Gasteiger partial charge is 0.348 e. The fourth-order valence-electron chi connectivity index (χ4n) is 2.96. The van der Waals surface area contributed by atoms with E-state index in [9.17, 15) is 57.5 Å². The van der Waals surface area contributed by atoms with E-state index in [2.05, 4.69) is 9.47 Å². The van der Waals surface area contributed by atoms with Crippen LogP contribution in [-0.4, -0.2) is 49.0 Å². The van der Waals surface area contributed by atoms with Gasteiger partial charge in [0, 0.05) is 12.5 Å². The van der Waals surface area contributed by atoms with Gasteiger partial charge in [0.05, 0.1) is 5.69 Å². The van der Waals surface area contributed by atoms with E-state index in [0.717, 1.165) is 24.3 Å². The lowest BCUT2D eigenvalue weighted by atomic mass is 10.1. The highest BCUT2D eigenvalue weighted by atomic mass is 19.4. The summed E-state index contributed by atoms with van der Waals surface area (Å²) in [5.74, 6) is -1.33. The average Bonchev–Trinajstić information content (AvgIpc) is 2.86. The highest BCUT2D eigenvalue weighted by Crippen LogP contribution is 2.49. The molecule has 0 radical (unpaired) electrons. The van der Waals surface area contributed by atoms with Crippen molar-refractivity contribution in [1.82, 2.24) is 0 Å². The Hall–Kier alpha value is -2.23. The molecule has 0 N–H and O–H groups in total. The maximum absolute atomic E-state index is 12.9. The maximum Gasteiger partial charge on any atom is 0.423 e. The van der Waals surface area contributed by atoms with Crippen LogP contribution >= 0.6 is 0 Å². The minimum atomic E-state index is -6.17. The third kappa shape index (κ3) is 5.39. The molecular formula is C16H11F12NO3. The van der Waals surface area contributed by atoms with Crippen molar-refractivity contribution in [2.24, 2.45) is 0 Å². The zero-order valence-electron chi connectivity index (χ0n) is 15.3. The van der Waals surface area contributed by atoms with Gasteiger partial charge in [0.25, 0.3) is 6.10 Å². The summed E-state index contributed by atoms with van der Waals surface area (Å²) in [6.45, 7) is 0.608. The van der Waals surface area contributed by atoms with E-state index >= 15 is 0 Å². The van der Waals surface area contributed by atoms with Crippen LogP contribution in [0.1, 0.15) is 18.6 Å². The maximum atomic E-state index is 12.9. The van der Waals surface area contributed by atoms with E-state index in [1.165, 1.54) is 0 Å². The number of nitrogens with zero attached hydrogens (tertiary/aromatic N) is 1. The third-order valence-electron chi connectivity index (χ3n) is 4.10. The third-order valence-corrected chi connectivity index (χ3v) is 4.10. The average molecular weight is 493 g/mol. The number of anilines is 1. The summed E-state index contributed by atoms with van der Waals surface area (Å²) in [5, 5.41) is 0. The topological polar surface area (TPSA) is 38.8 Å². The summed E-state index contributed by atoms with van der Waals surface area (Å²) in [6.07, 6.45) is -39.6. The Bertz CT molecular complexity index is 801. The van der Waals surface area contributed by atoms with Crippen LogP contribution in [0.5, 0.6) is 0 Å². The Morgan fingerprint density at radius 3 is 1.59 bits per heavy atom. The predicted octanol–water partition coefficient (Wildman–Crippen LogP) is 5.44. The van der Waals surface area contributed by atoms with E-state index in [4.69, 9.17) is 0 Å². The van der Waals surface area contributed by atoms with Gasteiger partial charge in [-0.2, -0.15) is 52.7 Å². The molecule has 0 saturated heterocycles. The van der Waals surface area contributed by atoms with Gasteiger partial charge in [-0.25, -0.2) is 0 Å². The first kappa shape index (κ1) is 26.0. The first-order valence-corrected chi connectivity index (χ1v) is 8.22. The molecule has 1 aliphatic rings. The molecule has 0 spiro atoms. The van der Waals surface area contributed by atoms with Crippen LogP contribution in [0.3, 0.4) is 0 Å². The first-order valence-electron chi connectivity index (χ1n) is 8.22. The molecule has 1 amide bonds. The van der Waals surface area contributed by atoms with Crippen LogP contribution < -0.4 is 4.90 Å². The normalized spacial score (nSPS) is 20.3. The highest BCUT2D eigenvalue weighted by molar-refractivity contribution is 5.94. The van der Waals surface area contributed by atoms with Gasteiger partial charge in [0.2, 0.25) is 12.0 Å². The number of halogens is 12. The predicted molar refractivity (Wildman–Crippen MR) is 80.1 cm³/mol. The number of hydrogen-bond acceptors (Lipinski definition) is 3. The largest absolute Gasteiger partial charge is 0.423 e. The number of alkyl halides is 12. The number of para-hydroxylation sites is 1. The number of ether oxygens (including phenoxy) is 2. The first-order chi connectivity index (χ1) is 14.3. The second kappa shape index (κ2) is 8.28. The summed E-state index contributed by atoms with van der Waals surface area (Å²) in [6, 6.07) is 3.75. The van der Waals surface area contributed by atoms with Crippen molar-refractivity contribution < 1.29 is 67.0 Å². The fourth-order valence-corrected chi connectivity index (χ4v) is 2.96. The number of carbonyl (C=O) groups is 1. The SMILES string of the molecule is CC(=O)N1c2ccccc2C(OC(C(F)(F)F)C(F)(F)F)C1OC(C(F)(F)F)C(F)(F)F. The van der Waals surface area contributed by atoms with E-state index in [0.29, 0.717) is 6.92 Å². The van der Waals surface area contributed by atoms with Gasteiger partial charge in [-0.1, -0.05) is 18.2 Å². The van der Waals surface area contributed by atoms with Gasteiger partial charge >= 0.3 is 24.7 Å². The molecule has 2 unspecified atom stereocenters. The molecule has 0 saturated carbocycles. The van der Waals surface area contributed by atoms with E-state index < -0.39 is 66.4 Å². The zero-order valence-corrected chi connectivity index (χ0v) is 15.3. The monoisotopic (exact) mass is 493 g/mol. The Kier molecular flexibility index (Phi) is 6.73. The van der Waals surface area contributed by atoms with E-state index in [-0.39, 0.29) is 4.90 Å². The summed E-state index contributed by atoms with van der Waals surface area (Å²) >= 11 is 0. The van der Waals surface area contributed by atoms with Gasteiger partial charge in [-0.05, 0) is 6.07 Å². The quantitative estimate of drug-likeness (QED) is 0.525. The number of benzene rings is 1. The molecule has 32 heavy (non-hydrogen) atoms. The van der Waals surface area contributed by atoms with Crippen molar-refractivity contribution in [3.05, 3.63) is 29.8 Å². The molecule has 1 aliphatic heterocycles. The molecule has 182 valence electrons. The molecule has 0 aromatic heterocycles. The van der Waals surface area contributed by atoms with Crippen molar-refractivity contribution in [2.45, 2.75) is 56.2 Å². The molecule has 1 aromatic carbocycles. The van der Waals surface area contributed by atoms with Gasteiger partial charge in [0.15, 0.2) is 6.23 Å². The standard InChI is InChI=1S/C16H11F12NO3/c1-6(30)29-8-5-3-2-4-7(8)9(31-11(13(17,18)19)14(20,21)22)10(29)32-12(15(23,24)25)16(26,27)28/h2-5,9-12H,1H3. The lowest BCUT2D eigenvalue weighted by Gasteiger charge is -2.34. The molecule has 2 atom stereocenters. The number of carbonyl (C=O) groups excluding carboxylic acids is 1. The summed E-state index contributed by atoms with van der Waals surface area (Å²) in [4.78, 5) is 12.0. The van der Waals surface area contributed by atoms with Crippen LogP contribution in [-0.2, 0) is 14.3 Å². The van der Waals surface area contributed by atoms with E-state index in [1.807, 2.05) is 0 Å². The lowest BCUT2D eigenvalue weighted by Crippen LogP contribution is -2.53. The lowest BCUT2D eigenvalue weighted by molar-refractivity contribution is -0.356. The molecule has 1 aromatic rings. The van der Waals surface area contributed by atoms with Crippen molar-refractivity contribution >= 4 is 11.6 Å². The molecule has 2 rings (SSSR count). The molecule has 4 nitrogen and oxygen atoms in total. The van der Waals surface area contributed by atoms with Crippen molar-refractivity contribution in [3.63, 3.8) is 0 Å². The molecule has 16 heteroatoms. The van der Waals surface area contributed by atoms with Gasteiger partial charge in [-0.3, -0.25) is 9.69 Å². The number of hydrogen-bond donors (Lipinski definition) is 0.